The van der Waals surface area contributed by atoms with Crippen molar-refractivity contribution in [2.24, 2.45) is 0 Å². The zero-order valence-corrected chi connectivity index (χ0v) is 7.86. The molecular formula is C9H8ClF3O. The van der Waals surface area contributed by atoms with Crippen molar-refractivity contribution in [1.29, 1.82) is 0 Å². The van der Waals surface area contributed by atoms with E-state index in [1.165, 1.54) is 0 Å². The number of halogens is 4. The summed E-state index contributed by atoms with van der Waals surface area (Å²) < 4.78 is 38.2. The van der Waals surface area contributed by atoms with Gasteiger partial charge in [0.1, 0.15) is 5.82 Å². The molecule has 5 heteroatoms. The molecule has 0 aliphatic carbocycles. The van der Waals surface area contributed by atoms with E-state index in [0.717, 1.165) is 0 Å². The number of aliphatic hydroxyl groups excluding tert-OH is 1. The summed E-state index contributed by atoms with van der Waals surface area (Å²) in [6.07, 6.45) is 0.0869. The molecule has 1 aromatic carbocycles. The number of benzene rings is 1. The van der Waals surface area contributed by atoms with E-state index >= 15 is 0 Å². The van der Waals surface area contributed by atoms with Crippen LogP contribution in [-0.4, -0.2) is 11.7 Å². The van der Waals surface area contributed by atoms with E-state index in [1.807, 2.05) is 0 Å². The van der Waals surface area contributed by atoms with E-state index in [2.05, 4.69) is 0 Å². The number of aliphatic hydroxyl groups is 1. The van der Waals surface area contributed by atoms with Crippen molar-refractivity contribution in [3.8, 4) is 0 Å². The van der Waals surface area contributed by atoms with E-state index in [1.54, 1.807) is 0 Å². The fourth-order valence-corrected chi connectivity index (χ4v) is 1.31. The highest BCUT2D eigenvalue weighted by Crippen LogP contribution is 2.27. The summed E-state index contributed by atoms with van der Waals surface area (Å²) in [5.74, 6) is -3.30. The van der Waals surface area contributed by atoms with Gasteiger partial charge in [-0.15, -0.1) is 11.6 Å². The molecule has 14 heavy (non-hydrogen) atoms. The molecule has 0 fully saturated rings. The normalized spacial score (nSPS) is 12.9. The van der Waals surface area contributed by atoms with Crippen LogP contribution in [0, 0.1) is 17.5 Å². The van der Waals surface area contributed by atoms with Crippen molar-refractivity contribution >= 4 is 11.6 Å². The Morgan fingerprint density at radius 1 is 1.14 bits per heavy atom. The summed E-state index contributed by atoms with van der Waals surface area (Å²) in [5.41, 5.74) is -0.139. The molecule has 0 bridgehead atoms. The number of hydrogen-bond acceptors (Lipinski definition) is 1. The average molecular weight is 225 g/mol. The minimum absolute atomic E-state index is 0.0869. The summed E-state index contributed by atoms with van der Waals surface area (Å²) in [4.78, 5) is 0. The topological polar surface area (TPSA) is 20.2 Å². The van der Waals surface area contributed by atoms with E-state index in [-0.39, 0.29) is 18.6 Å². The zero-order valence-electron chi connectivity index (χ0n) is 7.11. The quantitative estimate of drug-likeness (QED) is 0.618. The molecule has 0 heterocycles. The molecule has 0 saturated carbocycles. The smallest absolute Gasteiger partial charge is 0.161 e. The first kappa shape index (κ1) is 11.3. The Hall–Kier alpha value is -0.740. The van der Waals surface area contributed by atoms with Crippen molar-refractivity contribution < 1.29 is 18.3 Å². The lowest BCUT2D eigenvalue weighted by atomic mass is 10.1. The molecule has 0 aliphatic heterocycles. The molecule has 0 spiro atoms. The Morgan fingerprint density at radius 3 is 2.29 bits per heavy atom. The van der Waals surface area contributed by atoms with Crippen LogP contribution in [0.25, 0.3) is 0 Å². The Kier molecular flexibility index (Phi) is 3.77. The van der Waals surface area contributed by atoms with Crippen LogP contribution in [0.15, 0.2) is 12.1 Å². The summed E-state index contributed by atoms with van der Waals surface area (Å²) in [5, 5.41) is 7.69. The van der Waals surface area contributed by atoms with Gasteiger partial charge in [0.05, 0.1) is 5.38 Å². The number of hydrogen-bond donors (Lipinski definition) is 1. The van der Waals surface area contributed by atoms with Crippen molar-refractivity contribution in [2.45, 2.75) is 11.8 Å². The highest BCUT2D eigenvalue weighted by Gasteiger charge is 2.16. The molecule has 0 saturated heterocycles. The summed E-state index contributed by atoms with van der Waals surface area (Å²) in [6.45, 7) is -0.243. The Bertz CT molecular complexity index is 330. The highest BCUT2D eigenvalue weighted by atomic mass is 35.5. The molecule has 1 rings (SSSR count). The van der Waals surface area contributed by atoms with Gasteiger partial charge in [-0.3, -0.25) is 0 Å². The lowest BCUT2D eigenvalue weighted by Gasteiger charge is -2.09. The molecule has 1 nitrogen and oxygen atoms in total. The monoisotopic (exact) mass is 224 g/mol. The Labute approximate surface area is 84.1 Å². The third-order valence-corrected chi connectivity index (χ3v) is 2.21. The molecular weight excluding hydrogens is 217 g/mol. The first-order chi connectivity index (χ1) is 6.56. The number of rotatable bonds is 3. The molecule has 0 radical (unpaired) electrons. The Morgan fingerprint density at radius 2 is 1.71 bits per heavy atom. The molecule has 0 aliphatic rings. The minimum Gasteiger partial charge on any atom is -0.396 e. The molecule has 0 amide bonds. The lowest BCUT2D eigenvalue weighted by molar-refractivity contribution is 0.286. The summed E-state index contributed by atoms with van der Waals surface area (Å²) in [6, 6.07) is 1.15. The van der Waals surface area contributed by atoms with Gasteiger partial charge in [0.25, 0.3) is 0 Å². The lowest BCUT2D eigenvalue weighted by Crippen LogP contribution is -2.00. The van der Waals surface area contributed by atoms with Crippen LogP contribution < -0.4 is 0 Å². The second kappa shape index (κ2) is 4.66. The van der Waals surface area contributed by atoms with Crippen molar-refractivity contribution in [3.05, 3.63) is 35.1 Å². The second-order valence-electron chi connectivity index (χ2n) is 2.77. The first-order valence-electron chi connectivity index (χ1n) is 3.95. The molecule has 1 N–H and O–H groups in total. The second-order valence-corrected chi connectivity index (χ2v) is 3.29. The third kappa shape index (κ3) is 2.39. The van der Waals surface area contributed by atoms with E-state index in [4.69, 9.17) is 16.7 Å². The van der Waals surface area contributed by atoms with Crippen LogP contribution in [0.1, 0.15) is 17.4 Å². The first-order valence-corrected chi connectivity index (χ1v) is 4.39. The van der Waals surface area contributed by atoms with Crippen LogP contribution in [0.3, 0.4) is 0 Å². The highest BCUT2D eigenvalue weighted by molar-refractivity contribution is 6.20. The molecule has 0 aromatic heterocycles. The van der Waals surface area contributed by atoms with E-state index in [0.29, 0.717) is 12.1 Å². The van der Waals surface area contributed by atoms with Gasteiger partial charge in [-0.1, -0.05) is 0 Å². The van der Waals surface area contributed by atoms with Crippen LogP contribution >= 0.6 is 11.6 Å². The molecule has 1 unspecified atom stereocenters. The van der Waals surface area contributed by atoms with Crippen LogP contribution in [-0.2, 0) is 0 Å². The maximum absolute atomic E-state index is 13.0. The van der Waals surface area contributed by atoms with Gasteiger partial charge in [-0.2, -0.15) is 0 Å². The molecule has 1 aromatic rings. The van der Waals surface area contributed by atoms with Gasteiger partial charge in [-0.05, 0) is 12.5 Å². The SMILES string of the molecule is OCCC(Cl)c1cc(F)c(F)cc1F. The van der Waals surface area contributed by atoms with E-state index < -0.39 is 22.8 Å². The zero-order chi connectivity index (χ0) is 10.7. The predicted molar refractivity (Wildman–Crippen MR) is 46.6 cm³/mol. The van der Waals surface area contributed by atoms with Crippen LogP contribution in [0.2, 0.25) is 0 Å². The fraction of sp³-hybridized carbons (Fsp3) is 0.333. The van der Waals surface area contributed by atoms with Gasteiger partial charge < -0.3 is 5.11 Å². The maximum Gasteiger partial charge on any atom is 0.161 e. The average Bonchev–Trinajstić information content (AvgIpc) is 2.11. The largest absolute Gasteiger partial charge is 0.396 e. The van der Waals surface area contributed by atoms with Crippen LogP contribution in [0.5, 0.6) is 0 Å². The Balaban J connectivity index is 3.02. The standard InChI is InChI=1S/C9H8ClF3O/c10-6(1-2-14)5-3-8(12)9(13)4-7(5)11/h3-4,6,14H,1-2H2. The maximum atomic E-state index is 13.0. The van der Waals surface area contributed by atoms with Crippen LogP contribution in [0.4, 0.5) is 13.2 Å². The molecule has 78 valence electrons. The fourth-order valence-electron chi connectivity index (χ4n) is 1.05. The molecule has 1 atom stereocenters. The summed E-state index contributed by atoms with van der Waals surface area (Å²) >= 11 is 5.65. The van der Waals surface area contributed by atoms with Crippen molar-refractivity contribution in [1.82, 2.24) is 0 Å². The van der Waals surface area contributed by atoms with Gasteiger partial charge in [0.15, 0.2) is 11.6 Å². The van der Waals surface area contributed by atoms with Gasteiger partial charge in [0.2, 0.25) is 0 Å². The summed E-state index contributed by atoms with van der Waals surface area (Å²) in [7, 11) is 0. The van der Waals surface area contributed by atoms with Crippen molar-refractivity contribution in [2.75, 3.05) is 6.61 Å². The predicted octanol–water partition coefficient (Wildman–Crippen LogP) is 2.77. The van der Waals surface area contributed by atoms with E-state index in [9.17, 15) is 13.2 Å². The minimum atomic E-state index is -1.25. The number of alkyl halides is 1. The third-order valence-electron chi connectivity index (χ3n) is 1.76. The van der Waals surface area contributed by atoms with Gasteiger partial charge >= 0.3 is 0 Å². The van der Waals surface area contributed by atoms with Gasteiger partial charge in [0, 0.05) is 18.2 Å². The van der Waals surface area contributed by atoms with Gasteiger partial charge in [-0.25, -0.2) is 13.2 Å². The van der Waals surface area contributed by atoms with Crippen molar-refractivity contribution in [3.63, 3.8) is 0 Å².